The topological polar surface area (TPSA) is 130 Å². The Hall–Kier alpha value is -2.50. The zero-order valence-corrected chi connectivity index (χ0v) is 24.0. The molecule has 2 aliphatic heterocycles. The second-order valence-electron chi connectivity index (χ2n) is 12.3. The lowest BCUT2D eigenvalue weighted by Crippen LogP contribution is -2.49. The summed E-state index contributed by atoms with van der Waals surface area (Å²) >= 11 is 0. The Kier molecular flexibility index (Phi) is 8.78. The van der Waals surface area contributed by atoms with Crippen LogP contribution in [0.4, 0.5) is 16.3 Å². The van der Waals surface area contributed by atoms with Gasteiger partial charge in [-0.05, 0) is 43.6 Å². The molecule has 4 rings (SSSR count). The number of fused-ring (bicyclic) bond motifs is 2. The van der Waals surface area contributed by atoms with Gasteiger partial charge < -0.3 is 25.2 Å². The van der Waals surface area contributed by atoms with Crippen molar-refractivity contribution < 1.29 is 29.0 Å². The summed E-state index contributed by atoms with van der Waals surface area (Å²) in [6, 6.07) is 1.86. The first kappa shape index (κ1) is 28.5. The van der Waals surface area contributed by atoms with E-state index in [0.29, 0.717) is 50.1 Å². The summed E-state index contributed by atoms with van der Waals surface area (Å²) in [5, 5.41) is 14.6. The van der Waals surface area contributed by atoms with Crippen LogP contribution in [0, 0.1) is 11.8 Å². The Morgan fingerprint density at radius 2 is 1.92 bits per heavy atom. The number of carbonyl (C=O) groups excluding carboxylic acids is 2. The summed E-state index contributed by atoms with van der Waals surface area (Å²) < 4.78 is 11.5. The lowest BCUT2D eigenvalue weighted by molar-refractivity contribution is -0.127. The first-order valence-corrected chi connectivity index (χ1v) is 17.5. The molecule has 0 radical (unpaired) electrons. The molecule has 1 saturated heterocycles. The molecule has 3 aliphatic rings. The van der Waals surface area contributed by atoms with Gasteiger partial charge in [0.1, 0.15) is 18.6 Å². The molecule has 1 spiro atoms. The lowest BCUT2D eigenvalue weighted by atomic mass is 9.76. The maximum Gasteiger partial charge on any atom is 0.405 e. The number of carboxylic acid groups (broad SMARTS) is 1. The van der Waals surface area contributed by atoms with Crippen molar-refractivity contribution in [3.8, 4) is 0 Å². The van der Waals surface area contributed by atoms with E-state index in [-0.39, 0.29) is 18.6 Å². The molecular weight excluding hydrogens is 504 g/mol. The predicted molar refractivity (Wildman–Crippen MR) is 147 cm³/mol. The van der Waals surface area contributed by atoms with E-state index in [2.05, 4.69) is 42.2 Å². The van der Waals surface area contributed by atoms with Gasteiger partial charge in [-0.15, -0.1) is 0 Å². The minimum atomic E-state index is -1.28. The van der Waals surface area contributed by atoms with Crippen LogP contribution in [0.15, 0.2) is 12.3 Å². The number of aromatic nitrogens is 1. The highest BCUT2D eigenvalue weighted by molar-refractivity contribution is 6.76. The number of rotatable bonds is 9. The number of hydrogen-bond donors (Lipinski definition) is 3. The summed E-state index contributed by atoms with van der Waals surface area (Å²) in [7, 11) is -1.28. The van der Waals surface area contributed by atoms with Crippen LogP contribution >= 0.6 is 0 Å². The van der Waals surface area contributed by atoms with E-state index in [1.165, 1.54) is 0 Å². The second-order valence-corrected chi connectivity index (χ2v) is 17.9. The summed E-state index contributed by atoms with van der Waals surface area (Å²) in [4.78, 5) is 44.7. The van der Waals surface area contributed by atoms with Crippen molar-refractivity contribution in [1.82, 2.24) is 10.3 Å². The average Bonchev–Trinajstić information content (AvgIpc) is 3.07. The van der Waals surface area contributed by atoms with E-state index < -0.39 is 31.5 Å². The minimum Gasteiger partial charge on any atom is -0.465 e. The molecule has 1 atom stereocenters. The Bertz CT molecular complexity index is 1030. The summed E-state index contributed by atoms with van der Waals surface area (Å²) in [5.74, 6) is 0.352. The molecule has 1 saturated carbocycles. The van der Waals surface area contributed by atoms with Gasteiger partial charge in [0.25, 0.3) is 0 Å². The largest absolute Gasteiger partial charge is 0.465 e. The van der Waals surface area contributed by atoms with Crippen molar-refractivity contribution in [2.45, 2.75) is 82.6 Å². The van der Waals surface area contributed by atoms with Crippen molar-refractivity contribution in [2.24, 2.45) is 11.8 Å². The van der Waals surface area contributed by atoms with E-state index in [0.717, 1.165) is 37.3 Å². The highest BCUT2D eigenvalue weighted by atomic mass is 28.3. The number of hydrogen-bond acceptors (Lipinski definition) is 6. The zero-order chi connectivity index (χ0) is 27.5. The van der Waals surface area contributed by atoms with Crippen molar-refractivity contribution in [2.75, 3.05) is 36.8 Å². The third-order valence-electron chi connectivity index (χ3n) is 8.25. The van der Waals surface area contributed by atoms with Crippen LogP contribution < -0.4 is 15.5 Å². The number of amides is 3. The molecule has 210 valence electrons. The van der Waals surface area contributed by atoms with Gasteiger partial charge in [0.15, 0.2) is 0 Å². The summed E-state index contributed by atoms with van der Waals surface area (Å²) in [6.45, 7) is 10.7. The van der Waals surface area contributed by atoms with E-state index in [9.17, 15) is 19.5 Å². The molecule has 1 aromatic heterocycles. The molecule has 0 aromatic carbocycles. The van der Waals surface area contributed by atoms with Crippen molar-refractivity contribution >= 4 is 37.5 Å². The zero-order valence-electron chi connectivity index (χ0n) is 23.0. The molecular formula is C27H42N4O6Si. The number of pyridine rings is 1. The van der Waals surface area contributed by atoms with Gasteiger partial charge in [0.2, 0.25) is 11.8 Å². The minimum absolute atomic E-state index is 0.0178. The van der Waals surface area contributed by atoms with Gasteiger partial charge >= 0.3 is 6.09 Å². The van der Waals surface area contributed by atoms with Crippen LogP contribution in [0.25, 0.3) is 0 Å². The van der Waals surface area contributed by atoms with Crippen molar-refractivity contribution in [3.05, 3.63) is 17.8 Å². The van der Waals surface area contributed by atoms with Crippen LogP contribution in [-0.4, -0.2) is 68.7 Å². The number of nitrogens with one attached hydrogen (secondary N) is 2. The average molecular weight is 547 g/mol. The maximum absolute atomic E-state index is 13.7. The Labute approximate surface area is 225 Å². The SMILES string of the molecule is CC1CCC([C@H](NC(=O)O)C(=O)Nc2cc3c(cn2)C2(CCOCC2)C(=O)N3COCC[Si](C)(C)C)CC1. The Morgan fingerprint density at radius 3 is 2.55 bits per heavy atom. The van der Waals surface area contributed by atoms with E-state index >= 15 is 0 Å². The highest BCUT2D eigenvalue weighted by Gasteiger charge is 2.52. The van der Waals surface area contributed by atoms with Gasteiger partial charge in [0.05, 0.1) is 11.1 Å². The molecule has 1 aromatic rings. The van der Waals surface area contributed by atoms with Gasteiger partial charge in [-0.3, -0.25) is 14.5 Å². The molecule has 3 amide bonds. The van der Waals surface area contributed by atoms with Gasteiger partial charge in [0, 0.05) is 45.7 Å². The molecule has 3 N–H and O–H groups in total. The normalized spacial score (nSPS) is 23.7. The smallest absolute Gasteiger partial charge is 0.405 e. The maximum atomic E-state index is 13.7. The number of ether oxygens (including phenoxy) is 2. The fourth-order valence-electron chi connectivity index (χ4n) is 5.81. The first-order valence-electron chi connectivity index (χ1n) is 13.8. The van der Waals surface area contributed by atoms with E-state index in [4.69, 9.17) is 9.47 Å². The molecule has 0 bridgehead atoms. The Balaban J connectivity index is 1.55. The Morgan fingerprint density at radius 1 is 1.24 bits per heavy atom. The van der Waals surface area contributed by atoms with E-state index in [1.807, 2.05) is 0 Å². The van der Waals surface area contributed by atoms with Gasteiger partial charge in [-0.2, -0.15) is 0 Å². The number of carbonyl (C=O) groups is 3. The second kappa shape index (κ2) is 11.7. The monoisotopic (exact) mass is 546 g/mol. The third-order valence-corrected chi connectivity index (χ3v) is 9.95. The van der Waals surface area contributed by atoms with Crippen molar-refractivity contribution in [1.29, 1.82) is 0 Å². The quantitative estimate of drug-likeness (QED) is 0.313. The molecule has 10 nitrogen and oxygen atoms in total. The summed E-state index contributed by atoms with van der Waals surface area (Å²) in [6.07, 6.45) is 5.11. The van der Waals surface area contributed by atoms with Crippen LogP contribution in [0.1, 0.15) is 51.0 Å². The third kappa shape index (κ3) is 6.37. The molecule has 38 heavy (non-hydrogen) atoms. The van der Waals surface area contributed by atoms with Gasteiger partial charge in [-0.1, -0.05) is 39.4 Å². The van der Waals surface area contributed by atoms with E-state index in [1.54, 1.807) is 17.2 Å². The summed E-state index contributed by atoms with van der Waals surface area (Å²) in [5.41, 5.74) is 0.820. The molecule has 11 heteroatoms. The standard InChI is InChI=1S/C27H42N4O6Si/c1-18-5-7-19(8-6-18)23(30-26(34)35)24(32)29-22-15-21-20(16-28-22)27(9-11-36-12-10-27)25(33)31(21)17-37-13-14-38(2,3)4/h15-16,18-19,23,30H,5-14,17H2,1-4H3,(H,34,35)(H,28,29,32)/t18?,19?,23-/m0/s1. The lowest BCUT2D eigenvalue weighted by Gasteiger charge is -2.32. The van der Waals surface area contributed by atoms with Crippen LogP contribution in [0.3, 0.4) is 0 Å². The van der Waals surface area contributed by atoms with Crippen molar-refractivity contribution in [3.63, 3.8) is 0 Å². The molecule has 2 fully saturated rings. The number of nitrogens with zero attached hydrogens (tertiary/aromatic N) is 2. The predicted octanol–water partition coefficient (Wildman–Crippen LogP) is 4.19. The molecule has 0 unspecified atom stereocenters. The highest BCUT2D eigenvalue weighted by Crippen LogP contribution is 2.48. The fraction of sp³-hybridized carbons (Fsp3) is 0.704. The first-order chi connectivity index (χ1) is 18.0. The molecule has 1 aliphatic carbocycles. The molecule has 3 heterocycles. The van der Waals surface area contributed by atoms with Crippen LogP contribution in [-0.2, 0) is 24.5 Å². The number of anilines is 2. The van der Waals surface area contributed by atoms with Crippen LogP contribution in [0.2, 0.25) is 25.7 Å². The van der Waals surface area contributed by atoms with Gasteiger partial charge in [-0.25, -0.2) is 9.78 Å². The van der Waals surface area contributed by atoms with Crippen LogP contribution in [0.5, 0.6) is 0 Å². The fourth-order valence-corrected chi connectivity index (χ4v) is 6.56.